The quantitative estimate of drug-likeness (QED) is 0.618. The summed E-state index contributed by atoms with van der Waals surface area (Å²) < 4.78 is 0. The Balaban J connectivity index is 2.19. The first-order valence-electron chi connectivity index (χ1n) is 4.81. The van der Waals surface area contributed by atoms with E-state index in [4.69, 9.17) is 0 Å². The summed E-state index contributed by atoms with van der Waals surface area (Å²) >= 11 is 0. The summed E-state index contributed by atoms with van der Waals surface area (Å²) in [5.41, 5.74) is 2.42. The van der Waals surface area contributed by atoms with Crippen LogP contribution in [0.25, 0.3) is 0 Å². The van der Waals surface area contributed by atoms with Gasteiger partial charge in [0, 0.05) is 5.66 Å². The molecule has 2 rings (SSSR count). The summed E-state index contributed by atoms with van der Waals surface area (Å²) in [4.78, 5) is 0. The van der Waals surface area contributed by atoms with E-state index in [0.29, 0.717) is 0 Å². The summed E-state index contributed by atoms with van der Waals surface area (Å²) in [6, 6.07) is 11.0. The summed E-state index contributed by atoms with van der Waals surface area (Å²) in [7, 11) is 3.21. The van der Waals surface area contributed by atoms with Crippen LogP contribution in [0.1, 0.15) is 24.1 Å². The standard InChI is InChI=1S/C11H16P2/c1-13-10(7-8-11(13)12)9-5-3-2-4-6-9/h2-6,10-11H,7-8,12H2,1H3/t10-,11-,13?/m1/s1. The lowest BCUT2D eigenvalue weighted by atomic mass is 10.1. The summed E-state index contributed by atoms with van der Waals surface area (Å²) in [5.74, 6) is 0. The van der Waals surface area contributed by atoms with Crippen molar-refractivity contribution in [3.05, 3.63) is 35.9 Å². The molecule has 4 atom stereocenters. The summed E-state index contributed by atoms with van der Waals surface area (Å²) in [6.45, 7) is 2.44. The van der Waals surface area contributed by atoms with Crippen LogP contribution in [0.2, 0.25) is 0 Å². The topological polar surface area (TPSA) is 0 Å². The molecule has 1 saturated heterocycles. The van der Waals surface area contributed by atoms with E-state index in [1.54, 1.807) is 5.56 Å². The van der Waals surface area contributed by atoms with E-state index in [1.807, 2.05) is 0 Å². The molecule has 0 radical (unpaired) electrons. The van der Waals surface area contributed by atoms with Gasteiger partial charge in [0.1, 0.15) is 0 Å². The van der Waals surface area contributed by atoms with E-state index in [9.17, 15) is 0 Å². The van der Waals surface area contributed by atoms with Crippen molar-refractivity contribution in [3.8, 4) is 0 Å². The largest absolute Gasteiger partial charge is 0.130 e. The van der Waals surface area contributed by atoms with Crippen LogP contribution in [0, 0.1) is 0 Å². The Morgan fingerprint density at radius 2 is 1.92 bits per heavy atom. The maximum Gasteiger partial charge on any atom is 0.00451 e. The highest BCUT2D eigenvalue weighted by atomic mass is 31.2. The predicted molar refractivity (Wildman–Crippen MR) is 64.8 cm³/mol. The smallest absolute Gasteiger partial charge is 0.00451 e. The van der Waals surface area contributed by atoms with E-state index in [2.05, 4.69) is 46.2 Å². The third kappa shape index (κ3) is 1.95. The molecule has 1 aromatic carbocycles. The molecule has 1 aliphatic heterocycles. The van der Waals surface area contributed by atoms with Crippen LogP contribution in [0.15, 0.2) is 30.3 Å². The van der Waals surface area contributed by atoms with Crippen LogP contribution in [0.5, 0.6) is 0 Å². The van der Waals surface area contributed by atoms with Gasteiger partial charge < -0.3 is 0 Å². The Morgan fingerprint density at radius 3 is 2.46 bits per heavy atom. The summed E-state index contributed by atoms with van der Waals surface area (Å²) in [5, 5.41) is 0.889. The molecule has 0 saturated carbocycles. The molecule has 0 N–H and O–H groups in total. The van der Waals surface area contributed by atoms with E-state index in [0.717, 1.165) is 11.1 Å². The van der Waals surface area contributed by atoms with Gasteiger partial charge in [0.05, 0.1) is 0 Å². The van der Waals surface area contributed by atoms with Crippen molar-refractivity contribution in [1.29, 1.82) is 0 Å². The monoisotopic (exact) mass is 210 g/mol. The molecule has 0 aliphatic carbocycles. The van der Waals surface area contributed by atoms with Crippen molar-refractivity contribution in [2.75, 3.05) is 6.66 Å². The molecule has 0 aromatic heterocycles. The van der Waals surface area contributed by atoms with E-state index >= 15 is 0 Å². The van der Waals surface area contributed by atoms with E-state index in [1.165, 1.54) is 12.8 Å². The first kappa shape index (κ1) is 9.63. The molecule has 0 spiro atoms. The fraction of sp³-hybridized carbons (Fsp3) is 0.455. The average molecular weight is 210 g/mol. The second kappa shape index (κ2) is 4.07. The second-order valence-electron chi connectivity index (χ2n) is 3.74. The van der Waals surface area contributed by atoms with Gasteiger partial charge in [-0.3, -0.25) is 0 Å². The third-order valence-corrected chi connectivity index (χ3v) is 7.52. The zero-order chi connectivity index (χ0) is 9.26. The van der Waals surface area contributed by atoms with Gasteiger partial charge in [-0.1, -0.05) is 38.3 Å². The highest BCUT2D eigenvalue weighted by Gasteiger charge is 2.30. The van der Waals surface area contributed by atoms with Gasteiger partial charge in [0.25, 0.3) is 0 Å². The van der Waals surface area contributed by atoms with E-state index < -0.39 is 0 Å². The van der Waals surface area contributed by atoms with Crippen molar-refractivity contribution in [3.63, 3.8) is 0 Å². The van der Waals surface area contributed by atoms with Crippen LogP contribution >= 0.6 is 17.2 Å². The minimum absolute atomic E-state index is 0.197. The Hall–Kier alpha value is 0.0800. The lowest BCUT2D eigenvalue weighted by Crippen LogP contribution is -1.90. The fourth-order valence-electron chi connectivity index (χ4n) is 2.04. The van der Waals surface area contributed by atoms with Gasteiger partial charge in [-0.25, -0.2) is 0 Å². The minimum atomic E-state index is 0.197. The highest BCUT2D eigenvalue weighted by Crippen LogP contribution is 2.63. The number of hydrogen-bond acceptors (Lipinski definition) is 0. The van der Waals surface area contributed by atoms with Crippen LogP contribution < -0.4 is 0 Å². The highest BCUT2D eigenvalue weighted by molar-refractivity contribution is 7.65. The van der Waals surface area contributed by atoms with Crippen molar-refractivity contribution < 1.29 is 0 Å². The Kier molecular flexibility index (Phi) is 3.02. The molecule has 2 unspecified atom stereocenters. The van der Waals surface area contributed by atoms with Crippen LogP contribution in [0.4, 0.5) is 0 Å². The molecule has 0 nitrogen and oxygen atoms in total. The van der Waals surface area contributed by atoms with Crippen LogP contribution in [0.3, 0.4) is 0 Å². The average Bonchev–Trinajstić information content (AvgIpc) is 2.49. The van der Waals surface area contributed by atoms with E-state index in [-0.39, 0.29) is 7.92 Å². The first-order valence-corrected chi connectivity index (χ1v) is 7.41. The number of benzene rings is 1. The van der Waals surface area contributed by atoms with Crippen LogP contribution in [-0.2, 0) is 0 Å². The van der Waals surface area contributed by atoms with Crippen molar-refractivity contribution in [2.24, 2.45) is 0 Å². The van der Waals surface area contributed by atoms with Gasteiger partial charge in [-0.15, -0.1) is 9.24 Å². The van der Waals surface area contributed by atoms with Crippen molar-refractivity contribution in [2.45, 2.75) is 23.9 Å². The SMILES string of the molecule is CP1[C@@H](c2ccccc2)CC[C@@H]1P. The van der Waals surface area contributed by atoms with Gasteiger partial charge in [-0.2, -0.15) is 0 Å². The van der Waals surface area contributed by atoms with Crippen molar-refractivity contribution in [1.82, 2.24) is 0 Å². The molecule has 70 valence electrons. The zero-order valence-electron chi connectivity index (χ0n) is 7.98. The Morgan fingerprint density at radius 1 is 1.23 bits per heavy atom. The molecule has 1 aliphatic rings. The third-order valence-electron chi connectivity index (χ3n) is 2.93. The first-order chi connectivity index (χ1) is 6.29. The molecule has 1 aromatic rings. The lowest BCUT2D eigenvalue weighted by molar-refractivity contribution is 0.815. The maximum absolute atomic E-state index is 3.02. The van der Waals surface area contributed by atoms with Crippen LogP contribution in [-0.4, -0.2) is 12.1 Å². The normalized spacial score (nSPS) is 33.5. The number of rotatable bonds is 1. The maximum atomic E-state index is 3.02. The molecular weight excluding hydrogens is 194 g/mol. The number of hydrogen-bond donors (Lipinski definition) is 0. The molecule has 0 amide bonds. The van der Waals surface area contributed by atoms with Gasteiger partial charge in [-0.05, 0) is 30.5 Å². The lowest BCUT2D eigenvalue weighted by Gasteiger charge is -2.18. The van der Waals surface area contributed by atoms with Gasteiger partial charge in [0.15, 0.2) is 0 Å². The molecular formula is C11H16P2. The van der Waals surface area contributed by atoms with Gasteiger partial charge in [0.2, 0.25) is 0 Å². The molecule has 1 fully saturated rings. The zero-order valence-corrected chi connectivity index (χ0v) is 10.0. The minimum Gasteiger partial charge on any atom is -0.130 e. The predicted octanol–water partition coefficient (Wildman–Crippen LogP) is 3.83. The molecule has 2 heteroatoms. The summed E-state index contributed by atoms with van der Waals surface area (Å²) in [6.07, 6.45) is 2.78. The Labute approximate surface area is 84.1 Å². The molecule has 0 bridgehead atoms. The second-order valence-corrected chi connectivity index (χ2v) is 7.72. The fourth-order valence-corrected chi connectivity index (χ4v) is 5.08. The molecule has 1 heterocycles. The molecule has 13 heavy (non-hydrogen) atoms. The Bertz CT molecular complexity index is 271. The van der Waals surface area contributed by atoms with Crippen molar-refractivity contribution >= 4 is 17.2 Å². The van der Waals surface area contributed by atoms with Gasteiger partial charge >= 0.3 is 0 Å².